The summed E-state index contributed by atoms with van der Waals surface area (Å²) in [4.78, 5) is 11.6. The smallest absolute Gasteiger partial charge is 0.340 e. The number of nitrogens with zero attached hydrogens (tertiary/aromatic N) is 2. The van der Waals surface area contributed by atoms with Crippen LogP contribution in [0, 0.1) is 0 Å². The first-order valence-electron chi connectivity index (χ1n) is 4.84. The number of carbonyl (C=O) groups excluding carboxylic acids is 1. The van der Waals surface area contributed by atoms with Crippen LogP contribution in [-0.2, 0) is 11.8 Å². The maximum atomic E-state index is 11.6. The van der Waals surface area contributed by atoms with E-state index >= 15 is 0 Å². The van der Waals surface area contributed by atoms with Crippen molar-refractivity contribution < 1.29 is 9.53 Å². The van der Waals surface area contributed by atoms with Gasteiger partial charge >= 0.3 is 5.97 Å². The molecule has 0 radical (unpaired) electrons. The molecule has 0 unspecified atom stereocenters. The van der Waals surface area contributed by atoms with Gasteiger partial charge in [-0.05, 0) is 11.6 Å². The Balaban J connectivity index is 2.82. The van der Waals surface area contributed by atoms with Gasteiger partial charge < -0.3 is 4.74 Å². The molecule has 0 spiro atoms. The molecular formula is C12H12N2O2. The third kappa shape index (κ3) is 1.39. The van der Waals surface area contributed by atoms with Crippen LogP contribution in [-0.4, -0.2) is 22.9 Å². The Labute approximate surface area is 93.1 Å². The van der Waals surface area contributed by atoms with Gasteiger partial charge in [0.25, 0.3) is 0 Å². The van der Waals surface area contributed by atoms with Crippen molar-refractivity contribution in [2.45, 2.75) is 0 Å². The zero-order valence-corrected chi connectivity index (χ0v) is 9.23. The third-order valence-corrected chi connectivity index (χ3v) is 2.56. The van der Waals surface area contributed by atoms with Gasteiger partial charge in [-0.1, -0.05) is 18.7 Å². The Morgan fingerprint density at radius 3 is 2.94 bits per heavy atom. The average molecular weight is 216 g/mol. The van der Waals surface area contributed by atoms with E-state index in [9.17, 15) is 4.79 Å². The van der Waals surface area contributed by atoms with Gasteiger partial charge in [0.2, 0.25) is 0 Å². The van der Waals surface area contributed by atoms with Gasteiger partial charge in [-0.3, -0.25) is 4.68 Å². The zero-order valence-electron chi connectivity index (χ0n) is 9.23. The minimum atomic E-state index is -0.357. The van der Waals surface area contributed by atoms with Crippen LogP contribution in [0.25, 0.3) is 17.0 Å². The summed E-state index contributed by atoms with van der Waals surface area (Å²) in [6, 6.07) is 3.57. The van der Waals surface area contributed by atoms with E-state index in [2.05, 4.69) is 11.7 Å². The predicted molar refractivity (Wildman–Crippen MR) is 62.1 cm³/mol. The number of methoxy groups -OCH3 is 1. The fourth-order valence-corrected chi connectivity index (χ4v) is 1.76. The summed E-state index contributed by atoms with van der Waals surface area (Å²) in [5.74, 6) is -0.357. The van der Waals surface area contributed by atoms with Crippen molar-refractivity contribution in [2.24, 2.45) is 7.05 Å². The van der Waals surface area contributed by atoms with Crippen LogP contribution >= 0.6 is 0 Å². The van der Waals surface area contributed by atoms with Crippen LogP contribution < -0.4 is 0 Å². The van der Waals surface area contributed by atoms with Gasteiger partial charge in [0.05, 0.1) is 24.4 Å². The Morgan fingerprint density at radius 2 is 2.31 bits per heavy atom. The number of fused-ring (bicyclic) bond motifs is 1. The second-order valence-electron chi connectivity index (χ2n) is 3.43. The third-order valence-electron chi connectivity index (χ3n) is 2.56. The molecule has 0 bridgehead atoms. The molecule has 82 valence electrons. The van der Waals surface area contributed by atoms with Crippen LogP contribution in [0.15, 0.2) is 24.9 Å². The summed E-state index contributed by atoms with van der Waals surface area (Å²) in [5, 5.41) is 5.05. The highest BCUT2D eigenvalue weighted by atomic mass is 16.5. The van der Waals surface area contributed by atoms with E-state index in [1.54, 1.807) is 30.1 Å². The first-order chi connectivity index (χ1) is 7.69. The van der Waals surface area contributed by atoms with Crippen molar-refractivity contribution in [3.05, 3.63) is 36.0 Å². The number of aryl methyl sites for hydroxylation is 1. The number of hydrogen-bond acceptors (Lipinski definition) is 3. The van der Waals surface area contributed by atoms with E-state index in [1.165, 1.54) is 7.11 Å². The minimum Gasteiger partial charge on any atom is -0.465 e. The largest absolute Gasteiger partial charge is 0.465 e. The van der Waals surface area contributed by atoms with Crippen molar-refractivity contribution in [2.75, 3.05) is 7.11 Å². The topological polar surface area (TPSA) is 44.1 Å². The second-order valence-corrected chi connectivity index (χ2v) is 3.43. The molecule has 0 saturated heterocycles. The second kappa shape index (κ2) is 3.81. The Bertz CT molecular complexity index is 570. The van der Waals surface area contributed by atoms with Crippen LogP contribution in [0.5, 0.6) is 0 Å². The highest BCUT2D eigenvalue weighted by molar-refractivity contribution is 6.05. The average Bonchev–Trinajstić information content (AvgIpc) is 2.70. The predicted octanol–water partition coefficient (Wildman–Crippen LogP) is 2.00. The number of rotatable bonds is 2. The van der Waals surface area contributed by atoms with Gasteiger partial charge in [0.15, 0.2) is 0 Å². The zero-order chi connectivity index (χ0) is 11.7. The van der Waals surface area contributed by atoms with Gasteiger partial charge in [-0.2, -0.15) is 5.10 Å². The molecule has 0 aliphatic heterocycles. The quantitative estimate of drug-likeness (QED) is 0.721. The highest BCUT2D eigenvalue weighted by Gasteiger charge is 2.15. The fraction of sp³-hybridized carbons (Fsp3) is 0.167. The number of esters is 1. The molecule has 1 aromatic heterocycles. The number of hydrogen-bond donors (Lipinski definition) is 0. The molecule has 4 nitrogen and oxygen atoms in total. The molecule has 1 heterocycles. The lowest BCUT2D eigenvalue weighted by atomic mass is 10.1. The van der Waals surface area contributed by atoms with E-state index in [1.807, 2.05) is 6.07 Å². The summed E-state index contributed by atoms with van der Waals surface area (Å²) < 4.78 is 6.40. The van der Waals surface area contributed by atoms with E-state index in [4.69, 9.17) is 4.74 Å². The van der Waals surface area contributed by atoms with Crippen molar-refractivity contribution in [1.82, 2.24) is 9.78 Å². The van der Waals surface area contributed by atoms with Gasteiger partial charge in [0.1, 0.15) is 0 Å². The lowest BCUT2D eigenvalue weighted by Gasteiger charge is -2.04. The normalized spacial score (nSPS) is 10.4. The number of ether oxygens (including phenoxy) is 1. The van der Waals surface area contributed by atoms with Gasteiger partial charge in [0, 0.05) is 12.4 Å². The molecule has 0 amide bonds. The van der Waals surface area contributed by atoms with E-state index in [0.29, 0.717) is 5.56 Å². The molecule has 1 aromatic carbocycles. The Morgan fingerprint density at radius 1 is 1.56 bits per heavy atom. The Kier molecular flexibility index (Phi) is 2.48. The van der Waals surface area contributed by atoms with Crippen molar-refractivity contribution in [3.8, 4) is 0 Å². The number of benzene rings is 1. The van der Waals surface area contributed by atoms with Gasteiger partial charge in [-0.25, -0.2) is 4.79 Å². The van der Waals surface area contributed by atoms with Gasteiger partial charge in [-0.15, -0.1) is 0 Å². The van der Waals surface area contributed by atoms with Crippen molar-refractivity contribution >= 4 is 22.9 Å². The maximum absolute atomic E-state index is 11.6. The molecule has 2 aromatic rings. The molecule has 0 saturated carbocycles. The van der Waals surface area contributed by atoms with Crippen LogP contribution in [0.4, 0.5) is 0 Å². The van der Waals surface area contributed by atoms with E-state index in [-0.39, 0.29) is 5.97 Å². The lowest BCUT2D eigenvalue weighted by molar-refractivity contribution is 0.0602. The van der Waals surface area contributed by atoms with Crippen LogP contribution in [0.3, 0.4) is 0 Å². The summed E-state index contributed by atoms with van der Waals surface area (Å²) in [6.07, 6.45) is 3.46. The SMILES string of the molecule is C=Cc1ccc(C(=O)OC)c2c1cnn2C. The summed E-state index contributed by atoms with van der Waals surface area (Å²) >= 11 is 0. The first kappa shape index (κ1) is 10.4. The monoisotopic (exact) mass is 216 g/mol. The molecule has 0 aliphatic carbocycles. The van der Waals surface area contributed by atoms with E-state index in [0.717, 1.165) is 16.5 Å². The van der Waals surface area contributed by atoms with Crippen molar-refractivity contribution in [3.63, 3.8) is 0 Å². The molecule has 4 heteroatoms. The standard InChI is InChI=1S/C12H12N2O2/c1-4-8-5-6-9(12(15)16-3)11-10(8)7-13-14(11)2/h4-7H,1H2,2-3H3. The molecule has 0 aliphatic rings. The van der Waals surface area contributed by atoms with Crippen molar-refractivity contribution in [1.29, 1.82) is 0 Å². The molecular weight excluding hydrogens is 204 g/mol. The lowest BCUT2D eigenvalue weighted by Crippen LogP contribution is -2.05. The number of aromatic nitrogens is 2. The van der Waals surface area contributed by atoms with E-state index < -0.39 is 0 Å². The Hall–Kier alpha value is -2.10. The van der Waals surface area contributed by atoms with Crippen LogP contribution in [0.1, 0.15) is 15.9 Å². The summed E-state index contributed by atoms with van der Waals surface area (Å²) in [5.41, 5.74) is 2.24. The molecule has 0 atom stereocenters. The molecule has 2 rings (SSSR count). The van der Waals surface area contributed by atoms with Crippen LogP contribution in [0.2, 0.25) is 0 Å². The summed E-state index contributed by atoms with van der Waals surface area (Å²) in [6.45, 7) is 3.73. The maximum Gasteiger partial charge on any atom is 0.340 e. The molecule has 0 fully saturated rings. The highest BCUT2D eigenvalue weighted by Crippen LogP contribution is 2.23. The summed E-state index contributed by atoms with van der Waals surface area (Å²) in [7, 11) is 3.16. The first-order valence-corrected chi connectivity index (χ1v) is 4.84. The minimum absolute atomic E-state index is 0.357. The number of carbonyl (C=O) groups is 1. The molecule has 16 heavy (non-hydrogen) atoms. The fourth-order valence-electron chi connectivity index (χ4n) is 1.76. The molecule has 0 N–H and O–H groups in total.